The van der Waals surface area contributed by atoms with Crippen LogP contribution in [-0.2, 0) is 14.8 Å². The number of carbonyl (C=O) groups is 1. The number of hydrogen-bond acceptors (Lipinski definition) is 3. The molecule has 5 nitrogen and oxygen atoms in total. The van der Waals surface area contributed by atoms with Crippen molar-refractivity contribution in [1.29, 1.82) is 0 Å². The Bertz CT molecular complexity index is 902. The van der Waals surface area contributed by atoms with E-state index in [9.17, 15) is 18.3 Å². The highest BCUT2D eigenvalue weighted by Crippen LogP contribution is 2.31. The lowest BCUT2D eigenvalue weighted by atomic mass is 10.1. The van der Waals surface area contributed by atoms with Gasteiger partial charge in [0.05, 0.1) is 17.4 Å². The van der Waals surface area contributed by atoms with E-state index in [0.29, 0.717) is 0 Å². The summed E-state index contributed by atoms with van der Waals surface area (Å²) in [6, 6.07) is 15.3. The maximum atomic E-state index is 13.0. The summed E-state index contributed by atoms with van der Waals surface area (Å²) in [6.07, 6.45) is 1.48. The van der Waals surface area contributed by atoms with Crippen molar-refractivity contribution in [1.82, 2.24) is 4.31 Å². The molecule has 6 heteroatoms. The second-order valence-electron chi connectivity index (χ2n) is 6.09. The molecule has 1 N–H and O–H groups in total. The zero-order valence-electron chi connectivity index (χ0n) is 13.8. The summed E-state index contributed by atoms with van der Waals surface area (Å²) in [5, 5.41) is 9.17. The summed E-state index contributed by atoms with van der Waals surface area (Å²) in [7, 11) is -3.77. The standard InChI is InChI=1S/C19H19NO4S/c1-14-7-9-18(10-8-14)25(23,24)20-13-16(11-17(20)12-19(21)22)15-5-3-2-4-6-15/h2-11,17H,12-13H2,1H3,(H,21,22). The molecule has 2 aromatic rings. The fourth-order valence-electron chi connectivity index (χ4n) is 2.94. The first-order chi connectivity index (χ1) is 11.9. The lowest BCUT2D eigenvalue weighted by Gasteiger charge is -2.23. The molecule has 0 saturated heterocycles. The van der Waals surface area contributed by atoms with E-state index >= 15 is 0 Å². The number of benzene rings is 2. The van der Waals surface area contributed by atoms with Gasteiger partial charge in [0.2, 0.25) is 10.0 Å². The molecule has 1 aliphatic rings. The molecule has 0 amide bonds. The van der Waals surface area contributed by atoms with Crippen molar-refractivity contribution >= 4 is 21.6 Å². The van der Waals surface area contributed by atoms with Gasteiger partial charge in [-0.3, -0.25) is 4.79 Å². The molecule has 1 aliphatic heterocycles. The number of carboxylic acid groups (broad SMARTS) is 1. The zero-order valence-corrected chi connectivity index (χ0v) is 14.6. The van der Waals surface area contributed by atoms with E-state index in [0.717, 1.165) is 16.7 Å². The van der Waals surface area contributed by atoms with Crippen molar-refractivity contribution in [2.75, 3.05) is 6.54 Å². The summed E-state index contributed by atoms with van der Waals surface area (Å²) in [5.41, 5.74) is 2.69. The Hall–Kier alpha value is -2.44. The molecule has 3 rings (SSSR count). The molecule has 0 fully saturated rings. The quantitative estimate of drug-likeness (QED) is 0.893. The fraction of sp³-hybridized carbons (Fsp3) is 0.211. The molecule has 0 aliphatic carbocycles. The van der Waals surface area contributed by atoms with Gasteiger partial charge in [0.1, 0.15) is 0 Å². The van der Waals surface area contributed by atoms with Gasteiger partial charge in [-0.25, -0.2) is 8.42 Å². The number of aryl methyl sites for hydroxylation is 1. The predicted molar refractivity (Wildman–Crippen MR) is 95.5 cm³/mol. The Morgan fingerprint density at radius 3 is 2.36 bits per heavy atom. The summed E-state index contributed by atoms with van der Waals surface area (Å²) in [5.74, 6) is -1.03. The Morgan fingerprint density at radius 1 is 1.12 bits per heavy atom. The average Bonchev–Trinajstić information content (AvgIpc) is 3.00. The maximum absolute atomic E-state index is 13.0. The highest BCUT2D eigenvalue weighted by molar-refractivity contribution is 7.89. The number of rotatable bonds is 5. The maximum Gasteiger partial charge on any atom is 0.305 e. The van der Waals surface area contributed by atoms with E-state index in [4.69, 9.17) is 0 Å². The van der Waals surface area contributed by atoms with Crippen molar-refractivity contribution in [3.63, 3.8) is 0 Å². The van der Waals surface area contributed by atoms with E-state index < -0.39 is 22.0 Å². The number of aliphatic carboxylic acids is 1. The van der Waals surface area contributed by atoms with Crippen LogP contribution in [-0.4, -0.2) is 36.4 Å². The second kappa shape index (κ2) is 6.82. The van der Waals surface area contributed by atoms with E-state index in [1.54, 1.807) is 30.3 Å². The van der Waals surface area contributed by atoms with E-state index in [1.807, 2.05) is 37.3 Å². The molecular formula is C19H19NO4S. The molecule has 1 atom stereocenters. The van der Waals surface area contributed by atoms with Crippen LogP contribution in [0, 0.1) is 6.92 Å². The van der Waals surface area contributed by atoms with Gasteiger partial charge in [-0.1, -0.05) is 54.1 Å². The highest BCUT2D eigenvalue weighted by Gasteiger charge is 2.36. The van der Waals surface area contributed by atoms with Crippen LogP contribution in [0.15, 0.2) is 65.6 Å². The van der Waals surface area contributed by atoms with Crippen LogP contribution in [0.25, 0.3) is 5.57 Å². The molecule has 130 valence electrons. The van der Waals surface area contributed by atoms with Crippen molar-refractivity contribution in [3.8, 4) is 0 Å². The van der Waals surface area contributed by atoms with Crippen molar-refractivity contribution in [2.24, 2.45) is 0 Å². The summed E-state index contributed by atoms with van der Waals surface area (Å²) >= 11 is 0. The van der Waals surface area contributed by atoms with Crippen LogP contribution < -0.4 is 0 Å². The van der Waals surface area contributed by atoms with E-state index in [1.165, 1.54) is 4.31 Å². The van der Waals surface area contributed by atoms with Gasteiger partial charge in [0.15, 0.2) is 0 Å². The first-order valence-electron chi connectivity index (χ1n) is 7.94. The Balaban J connectivity index is 1.97. The van der Waals surface area contributed by atoms with Gasteiger partial charge in [-0.05, 0) is 30.2 Å². The minimum absolute atomic E-state index is 0.165. The van der Waals surface area contributed by atoms with Crippen LogP contribution in [0.4, 0.5) is 0 Å². The van der Waals surface area contributed by atoms with Crippen LogP contribution >= 0.6 is 0 Å². The number of carboxylic acids is 1. The SMILES string of the molecule is Cc1ccc(S(=O)(=O)N2CC(c3ccccc3)=CC2CC(=O)O)cc1. The Kier molecular flexibility index (Phi) is 4.74. The van der Waals surface area contributed by atoms with Gasteiger partial charge < -0.3 is 5.11 Å². The Labute approximate surface area is 147 Å². The third-order valence-corrected chi connectivity index (χ3v) is 6.13. The first kappa shape index (κ1) is 17.4. The fourth-order valence-corrected chi connectivity index (χ4v) is 4.49. The van der Waals surface area contributed by atoms with Gasteiger partial charge in [-0.15, -0.1) is 0 Å². The molecule has 1 unspecified atom stereocenters. The van der Waals surface area contributed by atoms with Crippen molar-refractivity contribution in [3.05, 3.63) is 71.8 Å². The molecule has 25 heavy (non-hydrogen) atoms. The second-order valence-corrected chi connectivity index (χ2v) is 7.98. The Morgan fingerprint density at radius 2 is 1.76 bits per heavy atom. The monoisotopic (exact) mass is 357 g/mol. The zero-order chi connectivity index (χ0) is 18.0. The molecule has 1 heterocycles. The average molecular weight is 357 g/mol. The highest BCUT2D eigenvalue weighted by atomic mass is 32.2. The lowest BCUT2D eigenvalue weighted by Crippen LogP contribution is -2.37. The molecule has 0 aromatic heterocycles. The summed E-state index contributed by atoms with van der Waals surface area (Å²) in [4.78, 5) is 11.4. The number of nitrogens with zero attached hydrogens (tertiary/aromatic N) is 1. The van der Waals surface area contributed by atoms with Crippen LogP contribution in [0.5, 0.6) is 0 Å². The normalized spacial score (nSPS) is 18.1. The van der Waals surface area contributed by atoms with Crippen LogP contribution in [0.3, 0.4) is 0 Å². The molecule has 0 radical (unpaired) electrons. The summed E-state index contributed by atoms with van der Waals surface area (Å²) in [6.45, 7) is 2.05. The topological polar surface area (TPSA) is 74.7 Å². The van der Waals surface area contributed by atoms with E-state index in [-0.39, 0.29) is 17.9 Å². The van der Waals surface area contributed by atoms with Gasteiger partial charge in [-0.2, -0.15) is 4.31 Å². The van der Waals surface area contributed by atoms with Gasteiger partial charge in [0.25, 0.3) is 0 Å². The largest absolute Gasteiger partial charge is 0.481 e. The minimum Gasteiger partial charge on any atom is -0.481 e. The third kappa shape index (κ3) is 3.65. The van der Waals surface area contributed by atoms with Crippen molar-refractivity contribution in [2.45, 2.75) is 24.3 Å². The first-order valence-corrected chi connectivity index (χ1v) is 9.38. The number of sulfonamides is 1. The van der Waals surface area contributed by atoms with Crippen LogP contribution in [0.2, 0.25) is 0 Å². The lowest BCUT2D eigenvalue weighted by molar-refractivity contribution is -0.137. The third-order valence-electron chi connectivity index (χ3n) is 4.25. The molecule has 2 aromatic carbocycles. The van der Waals surface area contributed by atoms with Crippen molar-refractivity contribution < 1.29 is 18.3 Å². The molecular weight excluding hydrogens is 338 g/mol. The molecule has 0 bridgehead atoms. The smallest absolute Gasteiger partial charge is 0.305 e. The summed E-state index contributed by atoms with van der Waals surface area (Å²) < 4.78 is 27.3. The van der Waals surface area contributed by atoms with Crippen LogP contribution in [0.1, 0.15) is 17.5 Å². The van der Waals surface area contributed by atoms with Gasteiger partial charge >= 0.3 is 5.97 Å². The van der Waals surface area contributed by atoms with E-state index in [2.05, 4.69) is 0 Å². The minimum atomic E-state index is -3.77. The van der Waals surface area contributed by atoms with Gasteiger partial charge in [0, 0.05) is 6.54 Å². The number of hydrogen-bond donors (Lipinski definition) is 1. The molecule has 0 saturated carbocycles. The predicted octanol–water partition coefficient (Wildman–Crippen LogP) is 2.93. The molecule has 0 spiro atoms.